The largest absolute Gasteiger partial charge is 0.472 e. The third-order valence-corrected chi connectivity index (χ3v) is 4.98. The van der Waals surface area contributed by atoms with Crippen LogP contribution in [0.3, 0.4) is 0 Å². The molecule has 108 valence electrons. The Morgan fingerprint density at radius 3 is 2.60 bits per heavy atom. The molecule has 0 amide bonds. The minimum Gasteiger partial charge on any atom is -0.472 e. The molecule has 1 aromatic carbocycles. The van der Waals surface area contributed by atoms with Gasteiger partial charge in [-0.3, -0.25) is 0 Å². The van der Waals surface area contributed by atoms with Crippen LogP contribution in [0.25, 0.3) is 0 Å². The maximum Gasteiger partial charge on any atom is 0.243 e. The van der Waals surface area contributed by atoms with Crippen LogP contribution in [0.15, 0.2) is 46.1 Å². The third-order valence-electron chi connectivity index (χ3n) is 3.06. The summed E-state index contributed by atoms with van der Waals surface area (Å²) in [7, 11) is -3.64. The highest BCUT2D eigenvalue weighted by Gasteiger charge is 2.24. The number of nitrogens with zero attached hydrogens (tertiary/aromatic N) is 1. The summed E-state index contributed by atoms with van der Waals surface area (Å²) in [5, 5.41) is 0. The standard InChI is InChI=1S/C14H16FNO3S/c1-3-16(9-12-6-7-19-10-12)20(17,18)13-4-5-14(15)11(2)8-13/h4-8,10H,3,9H2,1-2H3. The van der Waals surface area contributed by atoms with Gasteiger partial charge in [-0.25, -0.2) is 12.8 Å². The Balaban J connectivity index is 2.33. The summed E-state index contributed by atoms with van der Waals surface area (Å²) in [5.74, 6) is -0.415. The summed E-state index contributed by atoms with van der Waals surface area (Å²) in [6.45, 7) is 3.85. The molecule has 2 aromatic rings. The molecule has 1 heterocycles. The van der Waals surface area contributed by atoms with Crippen molar-refractivity contribution < 1.29 is 17.2 Å². The molecule has 2 rings (SSSR count). The lowest BCUT2D eigenvalue weighted by Gasteiger charge is -2.20. The smallest absolute Gasteiger partial charge is 0.243 e. The Labute approximate surface area is 117 Å². The van der Waals surface area contributed by atoms with Crippen LogP contribution in [-0.4, -0.2) is 19.3 Å². The Morgan fingerprint density at radius 1 is 1.30 bits per heavy atom. The van der Waals surface area contributed by atoms with Gasteiger partial charge in [0, 0.05) is 18.7 Å². The molecule has 0 fully saturated rings. The number of benzene rings is 1. The van der Waals surface area contributed by atoms with Crippen molar-refractivity contribution >= 4 is 10.0 Å². The van der Waals surface area contributed by atoms with Crippen LogP contribution in [0, 0.1) is 12.7 Å². The predicted octanol–water partition coefficient (Wildman–Crippen LogP) is 2.94. The molecule has 20 heavy (non-hydrogen) atoms. The second-order valence-corrected chi connectivity index (χ2v) is 6.41. The first-order chi connectivity index (χ1) is 9.45. The van der Waals surface area contributed by atoms with Crippen molar-refractivity contribution in [2.24, 2.45) is 0 Å². The number of aryl methyl sites for hydroxylation is 1. The Hall–Kier alpha value is -1.66. The average molecular weight is 297 g/mol. The molecule has 0 saturated heterocycles. The van der Waals surface area contributed by atoms with E-state index in [1.54, 1.807) is 19.9 Å². The maximum absolute atomic E-state index is 13.3. The van der Waals surface area contributed by atoms with Gasteiger partial charge < -0.3 is 4.42 Å². The maximum atomic E-state index is 13.3. The van der Waals surface area contributed by atoms with Crippen molar-refractivity contribution in [2.75, 3.05) is 6.54 Å². The van der Waals surface area contributed by atoms with Crippen molar-refractivity contribution in [3.05, 3.63) is 53.7 Å². The fourth-order valence-electron chi connectivity index (χ4n) is 1.88. The summed E-state index contributed by atoms with van der Waals surface area (Å²) in [6.07, 6.45) is 3.01. The Kier molecular flexibility index (Phi) is 4.25. The first kappa shape index (κ1) is 14.7. The monoisotopic (exact) mass is 297 g/mol. The summed E-state index contributed by atoms with van der Waals surface area (Å²) < 4.78 is 44.6. The lowest BCUT2D eigenvalue weighted by Crippen LogP contribution is -2.30. The third kappa shape index (κ3) is 2.91. The molecule has 0 aliphatic heterocycles. The second-order valence-electron chi connectivity index (χ2n) is 4.47. The van der Waals surface area contributed by atoms with Gasteiger partial charge in [-0.2, -0.15) is 4.31 Å². The summed E-state index contributed by atoms with van der Waals surface area (Å²) in [5.41, 5.74) is 1.08. The summed E-state index contributed by atoms with van der Waals surface area (Å²) in [6, 6.07) is 5.53. The molecule has 0 unspecified atom stereocenters. The van der Waals surface area contributed by atoms with E-state index in [1.165, 1.54) is 35.0 Å². The molecule has 0 radical (unpaired) electrons. The average Bonchev–Trinajstić information content (AvgIpc) is 2.91. The molecule has 6 heteroatoms. The van der Waals surface area contributed by atoms with Gasteiger partial charge in [-0.15, -0.1) is 0 Å². The minimum absolute atomic E-state index is 0.0988. The van der Waals surface area contributed by atoms with Gasteiger partial charge in [0.05, 0.1) is 17.4 Å². The number of halogens is 1. The van der Waals surface area contributed by atoms with E-state index in [1.807, 2.05) is 0 Å². The van der Waals surface area contributed by atoms with E-state index in [9.17, 15) is 12.8 Å². The van der Waals surface area contributed by atoms with Crippen molar-refractivity contribution in [1.82, 2.24) is 4.31 Å². The molecule has 0 spiro atoms. The van der Waals surface area contributed by atoms with Crippen molar-refractivity contribution in [3.63, 3.8) is 0 Å². The SMILES string of the molecule is CCN(Cc1ccoc1)S(=O)(=O)c1ccc(F)c(C)c1. The van der Waals surface area contributed by atoms with E-state index < -0.39 is 15.8 Å². The van der Waals surface area contributed by atoms with Crippen LogP contribution in [0.2, 0.25) is 0 Å². The van der Waals surface area contributed by atoms with Crippen LogP contribution in [0.5, 0.6) is 0 Å². The van der Waals surface area contributed by atoms with Crippen molar-refractivity contribution in [1.29, 1.82) is 0 Å². The number of rotatable bonds is 5. The van der Waals surface area contributed by atoms with Crippen LogP contribution >= 0.6 is 0 Å². The molecule has 0 saturated carbocycles. The molecule has 1 aromatic heterocycles. The number of hydrogen-bond acceptors (Lipinski definition) is 3. The number of furan rings is 1. The molecule has 0 bridgehead atoms. The molecule has 4 nitrogen and oxygen atoms in total. The first-order valence-electron chi connectivity index (χ1n) is 6.22. The zero-order valence-corrected chi connectivity index (χ0v) is 12.2. The van der Waals surface area contributed by atoms with Crippen LogP contribution in [0.1, 0.15) is 18.1 Å². The topological polar surface area (TPSA) is 50.5 Å². The Morgan fingerprint density at radius 2 is 2.05 bits per heavy atom. The zero-order valence-electron chi connectivity index (χ0n) is 11.3. The van der Waals surface area contributed by atoms with Gasteiger partial charge in [0.1, 0.15) is 5.82 Å². The molecular formula is C14H16FNO3S. The number of sulfonamides is 1. The van der Waals surface area contributed by atoms with E-state index in [4.69, 9.17) is 4.42 Å². The van der Waals surface area contributed by atoms with Gasteiger partial charge >= 0.3 is 0 Å². The van der Waals surface area contributed by atoms with Gasteiger partial charge in [0.15, 0.2) is 0 Å². The van der Waals surface area contributed by atoms with E-state index in [-0.39, 0.29) is 11.4 Å². The second kappa shape index (κ2) is 5.76. The van der Waals surface area contributed by atoms with Gasteiger partial charge in [0.2, 0.25) is 10.0 Å². The summed E-state index contributed by atoms with van der Waals surface area (Å²) in [4.78, 5) is 0.0988. The van der Waals surface area contributed by atoms with E-state index in [0.29, 0.717) is 12.1 Å². The highest BCUT2D eigenvalue weighted by molar-refractivity contribution is 7.89. The number of hydrogen-bond donors (Lipinski definition) is 0. The molecule has 0 atom stereocenters. The predicted molar refractivity (Wildman–Crippen MR) is 73.1 cm³/mol. The van der Waals surface area contributed by atoms with Crippen LogP contribution in [-0.2, 0) is 16.6 Å². The van der Waals surface area contributed by atoms with Crippen molar-refractivity contribution in [2.45, 2.75) is 25.3 Å². The van der Waals surface area contributed by atoms with Crippen LogP contribution < -0.4 is 0 Å². The fourth-order valence-corrected chi connectivity index (χ4v) is 3.40. The highest BCUT2D eigenvalue weighted by atomic mass is 32.2. The Bertz CT molecular complexity index is 680. The first-order valence-corrected chi connectivity index (χ1v) is 7.66. The van der Waals surface area contributed by atoms with E-state index >= 15 is 0 Å². The van der Waals surface area contributed by atoms with Crippen LogP contribution in [0.4, 0.5) is 4.39 Å². The zero-order chi connectivity index (χ0) is 14.8. The van der Waals surface area contributed by atoms with Gasteiger partial charge in [-0.05, 0) is 36.8 Å². The molecule has 0 aliphatic carbocycles. The van der Waals surface area contributed by atoms with Gasteiger partial charge in [-0.1, -0.05) is 6.92 Å². The normalized spacial score (nSPS) is 12.0. The molecular weight excluding hydrogens is 281 g/mol. The highest BCUT2D eigenvalue weighted by Crippen LogP contribution is 2.20. The molecule has 0 aliphatic rings. The van der Waals surface area contributed by atoms with E-state index in [0.717, 1.165) is 5.56 Å². The van der Waals surface area contributed by atoms with Crippen molar-refractivity contribution in [3.8, 4) is 0 Å². The fraction of sp³-hybridized carbons (Fsp3) is 0.286. The quantitative estimate of drug-likeness (QED) is 0.852. The van der Waals surface area contributed by atoms with Gasteiger partial charge in [0.25, 0.3) is 0 Å². The lowest BCUT2D eigenvalue weighted by atomic mass is 10.2. The summed E-state index contributed by atoms with van der Waals surface area (Å²) >= 11 is 0. The lowest BCUT2D eigenvalue weighted by molar-refractivity contribution is 0.421. The minimum atomic E-state index is -3.64. The molecule has 0 N–H and O–H groups in total. The van der Waals surface area contributed by atoms with E-state index in [2.05, 4.69) is 0 Å².